The molecule has 2 aliphatic rings. The summed E-state index contributed by atoms with van der Waals surface area (Å²) >= 11 is 0. The van der Waals surface area contributed by atoms with Crippen LogP contribution in [0.25, 0.3) is 10.9 Å². The Kier molecular flexibility index (Phi) is 2.44. The normalized spacial score (nSPS) is 23.4. The molecular weight excluding hydrogens is 220 g/mol. The minimum atomic E-state index is 0.718. The van der Waals surface area contributed by atoms with Gasteiger partial charge in [-0.05, 0) is 67.8 Å². The van der Waals surface area contributed by atoms with Gasteiger partial charge in [-0.3, -0.25) is 0 Å². The monoisotopic (exact) mass is 240 g/mol. The van der Waals surface area contributed by atoms with Gasteiger partial charge >= 0.3 is 0 Å². The minimum Gasteiger partial charge on any atom is -0.358 e. The molecule has 0 saturated carbocycles. The van der Waals surface area contributed by atoms with Gasteiger partial charge in [-0.25, -0.2) is 0 Å². The van der Waals surface area contributed by atoms with Crippen LogP contribution >= 0.6 is 0 Å². The minimum absolute atomic E-state index is 0.718. The Balaban J connectivity index is 1.78. The van der Waals surface area contributed by atoms with E-state index in [1.165, 1.54) is 60.8 Å². The fourth-order valence-corrected chi connectivity index (χ4v) is 3.65. The first-order valence-corrected chi connectivity index (χ1v) is 7.26. The molecule has 1 atom stereocenters. The van der Waals surface area contributed by atoms with Gasteiger partial charge in [0.05, 0.1) is 0 Å². The lowest BCUT2D eigenvalue weighted by Crippen LogP contribution is -2.28. The third-order valence-corrected chi connectivity index (χ3v) is 4.64. The van der Waals surface area contributed by atoms with Crippen molar-refractivity contribution < 1.29 is 0 Å². The molecule has 18 heavy (non-hydrogen) atoms. The van der Waals surface area contributed by atoms with Gasteiger partial charge in [-0.15, -0.1) is 0 Å². The second kappa shape index (κ2) is 4.13. The lowest BCUT2D eigenvalue weighted by molar-refractivity contribution is 0.462. The second-order valence-corrected chi connectivity index (χ2v) is 5.78. The molecule has 2 aromatic rings. The Labute approximate surface area is 108 Å². The van der Waals surface area contributed by atoms with Gasteiger partial charge < -0.3 is 10.3 Å². The molecule has 94 valence electrons. The summed E-state index contributed by atoms with van der Waals surface area (Å²) in [5.74, 6) is 0.718. The smallest absolute Gasteiger partial charge is 0.0459 e. The van der Waals surface area contributed by atoms with Crippen molar-refractivity contribution in [1.29, 1.82) is 0 Å². The van der Waals surface area contributed by atoms with E-state index in [9.17, 15) is 0 Å². The van der Waals surface area contributed by atoms with Crippen molar-refractivity contribution in [3.63, 3.8) is 0 Å². The predicted octanol–water partition coefficient (Wildman–Crippen LogP) is 3.12. The van der Waals surface area contributed by atoms with Gasteiger partial charge in [-0.1, -0.05) is 6.07 Å². The van der Waals surface area contributed by atoms with E-state index < -0.39 is 0 Å². The van der Waals surface area contributed by atoms with Crippen molar-refractivity contribution in [2.24, 2.45) is 0 Å². The van der Waals surface area contributed by atoms with E-state index in [2.05, 4.69) is 28.5 Å². The second-order valence-electron chi connectivity index (χ2n) is 5.78. The molecule has 2 nitrogen and oxygen atoms in total. The Morgan fingerprint density at radius 3 is 3.00 bits per heavy atom. The quantitative estimate of drug-likeness (QED) is 0.787. The Morgan fingerprint density at radius 1 is 1.11 bits per heavy atom. The summed E-state index contributed by atoms with van der Waals surface area (Å²) in [6.07, 6.45) is 6.48. The summed E-state index contributed by atoms with van der Waals surface area (Å²) in [6, 6.07) is 7.07. The molecule has 2 heteroatoms. The van der Waals surface area contributed by atoms with Crippen LogP contribution in [0.1, 0.15) is 42.0 Å². The zero-order valence-corrected chi connectivity index (χ0v) is 10.8. The van der Waals surface area contributed by atoms with E-state index in [1.54, 1.807) is 5.56 Å². The van der Waals surface area contributed by atoms with Crippen molar-refractivity contribution in [2.45, 2.75) is 38.0 Å². The van der Waals surface area contributed by atoms with Crippen LogP contribution < -0.4 is 5.32 Å². The van der Waals surface area contributed by atoms with Crippen molar-refractivity contribution >= 4 is 10.9 Å². The molecule has 1 fully saturated rings. The van der Waals surface area contributed by atoms with Crippen LogP contribution in [-0.4, -0.2) is 18.1 Å². The highest BCUT2D eigenvalue weighted by Gasteiger charge is 2.19. The number of rotatable bonds is 1. The maximum Gasteiger partial charge on any atom is 0.0459 e. The van der Waals surface area contributed by atoms with Crippen LogP contribution in [-0.2, 0) is 12.8 Å². The van der Waals surface area contributed by atoms with Gasteiger partial charge in [0.1, 0.15) is 0 Å². The summed E-state index contributed by atoms with van der Waals surface area (Å²) in [6.45, 7) is 2.34. The van der Waals surface area contributed by atoms with Gasteiger partial charge in [-0.2, -0.15) is 0 Å². The number of hydrogen-bond acceptors (Lipinski definition) is 1. The van der Waals surface area contributed by atoms with Gasteiger partial charge in [0.2, 0.25) is 0 Å². The Hall–Kier alpha value is -1.28. The first-order valence-electron chi connectivity index (χ1n) is 7.26. The topological polar surface area (TPSA) is 27.8 Å². The van der Waals surface area contributed by atoms with Crippen molar-refractivity contribution in [1.82, 2.24) is 10.3 Å². The van der Waals surface area contributed by atoms with Gasteiger partial charge in [0.15, 0.2) is 0 Å². The number of benzene rings is 1. The highest BCUT2D eigenvalue weighted by molar-refractivity contribution is 5.86. The SMILES string of the molecule is c1cc2[nH]c3c(c2cc1C1CCCNC1)CCC3. The molecule has 2 heterocycles. The maximum absolute atomic E-state index is 3.59. The fraction of sp³-hybridized carbons (Fsp3) is 0.500. The number of aryl methyl sites for hydroxylation is 2. The number of fused-ring (bicyclic) bond motifs is 3. The summed E-state index contributed by atoms with van der Waals surface area (Å²) in [7, 11) is 0. The first kappa shape index (κ1) is 10.6. The molecule has 4 rings (SSSR count). The standard InChI is InChI=1S/C16H20N2/c1-4-13-14-9-11(12-3-2-8-17-10-12)6-7-16(14)18-15(13)5-1/h6-7,9,12,17-18H,1-5,8,10H2. The Morgan fingerprint density at radius 2 is 2.11 bits per heavy atom. The zero-order chi connectivity index (χ0) is 11.9. The molecule has 1 saturated heterocycles. The molecule has 0 spiro atoms. The molecule has 0 amide bonds. The van der Waals surface area contributed by atoms with E-state index in [0.29, 0.717) is 0 Å². The van der Waals surface area contributed by atoms with E-state index >= 15 is 0 Å². The summed E-state index contributed by atoms with van der Waals surface area (Å²) < 4.78 is 0. The summed E-state index contributed by atoms with van der Waals surface area (Å²) in [5, 5.41) is 5.01. The molecule has 1 unspecified atom stereocenters. The number of hydrogen-bond donors (Lipinski definition) is 2. The Bertz CT molecular complexity index is 576. The highest BCUT2D eigenvalue weighted by atomic mass is 14.9. The molecule has 1 aromatic carbocycles. The van der Waals surface area contributed by atoms with Crippen LogP contribution in [0.15, 0.2) is 18.2 Å². The molecular formula is C16H20N2. The largest absolute Gasteiger partial charge is 0.358 e. The number of H-pyrrole nitrogens is 1. The number of aromatic amines is 1. The van der Waals surface area contributed by atoms with Crippen LogP contribution in [0.4, 0.5) is 0 Å². The van der Waals surface area contributed by atoms with Crippen LogP contribution in [0.2, 0.25) is 0 Å². The third kappa shape index (κ3) is 1.59. The molecule has 1 aromatic heterocycles. The van der Waals surface area contributed by atoms with Crippen molar-refractivity contribution in [3.8, 4) is 0 Å². The van der Waals surface area contributed by atoms with Crippen LogP contribution in [0.5, 0.6) is 0 Å². The van der Waals surface area contributed by atoms with E-state index in [4.69, 9.17) is 0 Å². The average molecular weight is 240 g/mol. The summed E-state index contributed by atoms with van der Waals surface area (Å²) in [5.41, 5.74) is 5.95. The number of aromatic nitrogens is 1. The van der Waals surface area contributed by atoms with E-state index in [-0.39, 0.29) is 0 Å². The fourth-order valence-electron chi connectivity index (χ4n) is 3.65. The number of nitrogens with one attached hydrogen (secondary N) is 2. The third-order valence-electron chi connectivity index (χ3n) is 4.64. The van der Waals surface area contributed by atoms with Gasteiger partial charge in [0.25, 0.3) is 0 Å². The lowest BCUT2D eigenvalue weighted by atomic mass is 9.90. The van der Waals surface area contributed by atoms with E-state index in [0.717, 1.165) is 12.5 Å². The molecule has 1 aliphatic carbocycles. The predicted molar refractivity (Wildman–Crippen MR) is 75.2 cm³/mol. The van der Waals surface area contributed by atoms with E-state index in [1.807, 2.05) is 0 Å². The molecule has 0 radical (unpaired) electrons. The average Bonchev–Trinajstić information content (AvgIpc) is 2.99. The first-order chi connectivity index (χ1) is 8.92. The van der Waals surface area contributed by atoms with Crippen LogP contribution in [0, 0.1) is 0 Å². The van der Waals surface area contributed by atoms with Gasteiger partial charge in [0, 0.05) is 23.1 Å². The van der Waals surface area contributed by atoms with Crippen molar-refractivity contribution in [2.75, 3.05) is 13.1 Å². The lowest BCUT2D eigenvalue weighted by Gasteiger charge is -2.23. The molecule has 1 aliphatic heterocycles. The van der Waals surface area contributed by atoms with Crippen molar-refractivity contribution in [3.05, 3.63) is 35.0 Å². The maximum atomic E-state index is 3.59. The zero-order valence-electron chi connectivity index (χ0n) is 10.8. The number of piperidine rings is 1. The highest BCUT2D eigenvalue weighted by Crippen LogP contribution is 2.33. The molecule has 2 N–H and O–H groups in total. The summed E-state index contributed by atoms with van der Waals surface area (Å²) in [4.78, 5) is 3.59. The molecule has 0 bridgehead atoms. The van der Waals surface area contributed by atoms with Crippen LogP contribution in [0.3, 0.4) is 0 Å².